The lowest BCUT2D eigenvalue weighted by Gasteiger charge is -2.27. The molecule has 3 unspecified atom stereocenters. The molecular weight excluding hydrogens is 248 g/mol. The molecule has 3 rings (SSSR count). The first-order chi connectivity index (χ1) is 9.50. The lowest BCUT2D eigenvalue weighted by atomic mass is 9.80. The zero-order chi connectivity index (χ0) is 14.2. The summed E-state index contributed by atoms with van der Waals surface area (Å²) in [4.78, 5) is 2.64. The summed E-state index contributed by atoms with van der Waals surface area (Å²) in [6.07, 6.45) is 7.58. The van der Waals surface area contributed by atoms with E-state index in [-0.39, 0.29) is 0 Å². The van der Waals surface area contributed by atoms with Crippen molar-refractivity contribution in [1.82, 2.24) is 10.2 Å². The maximum absolute atomic E-state index is 6.22. The van der Waals surface area contributed by atoms with Gasteiger partial charge in [-0.25, -0.2) is 0 Å². The van der Waals surface area contributed by atoms with E-state index >= 15 is 0 Å². The molecule has 3 nitrogen and oxygen atoms in total. The van der Waals surface area contributed by atoms with Gasteiger partial charge in [0.1, 0.15) is 0 Å². The van der Waals surface area contributed by atoms with Gasteiger partial charge < -0.3 is 15.0 Å². The summed E-state index contributed by atoms with van der Waals surface area (Å²) in [6, 6.07) is 0.809. The van der Waals surface area contributed by atoms with Gasteiger partial charge in [0.25, 0.3) is 0 Å². The van der Waals surface area contributed by atoms with E-state index in [1.807, 2.05) is 0 Å². The van der Waals surface area contributed by atoms with Crippen molar-refractivity contribution in [2.24, 2.45) is 11.3 Å². The van der Waals surface area contributed by atoms with Gasteiger partial charge in [0, 0.05) is 25.7 Å². The number of likely N-dealkylation sites (tertiary alicyclic amines) is 1. The van der Waals surface area contributed by atoms with Crippen molar-refractivity contribution >= 4 is 0 Å². The average molecular weight is 280 g/mol. The van der Waals surface area contributed by atoms with Crippen LogP contribution in [-0.2, 0) is 4.74 Å². The van der Waals surface area contributed by atoms with E-state index in [0.717, 1.165) is 25.0 Å². The molecule has 20 heavy (non-hydrogen) atoms. The van der Waals surface area contributed by atoms with Crippen molar-refractivity contribution in [2.75, 3.05) is 26.2 Å². The third-order valence-electron chi connectivity index (χ3n) is 5.37. The van der Waals surface area contributed by atoms with Crippen LogP contribution in [0.3, 0.4) is 0 Å². The van der Waals surface area contributed by atoms with Crippen molar-refractivity contribution in [3.63, 3.8) is 0 Å². The SMILES string of the molecule is CC(C)(C)C1CCN(CC2CCC(CNC3CC3)O2)C1. The first-order valence-corrected chi connectivity index (χ1v) is 8.62. The Balaban J connectivity index is 1.36. The molecule has 3 heteroatoms. The third kappa shape index (κ3) is 3.96. The molecule has 1 N–H and O–H groups in total. The fourth-order valence-electron chi connectivity index (χ4n) is 3.64. The smallest absolute Gasteiger partial charge is 0.0707 e. The van der Waals surface area contributed by atoms with Gasteiger partial charge in [0.05, 0.1) is 12.2 Å². The summed E-state index contributed by atoms with van der Waals surface area (Å²) in [5.74, 6) is 0.858. The molecule has 0 aromatic carbocycles. The lowest BCUT2D eigenvalue weighted by Crippen LogP contribution is -2.34. The zero-order valence-electron chi connectivity index (χ0n) is 13.5. The fraction of sp³-hybridized carbons (Fsp3) is 1.00. The highest BCUT2D eigenvalue weighted by Gasteiger charge is 2.34. The summed E-state index contributed by atoms with van der Waals surface area (Å²) in [5.41, 5.74) is 0.460. The van der Waals surface area contributed by atoms with Crippen LogP contribution in [0.4, 0.5) is 0 Å². The monoisotopic (exact) mass is 280 g/mol. The highest BCUT2D eigenvalue weighted by Crippen LogP contribution is 2.34. The molecule has 3 atom stereocenters. The molecule has 2 aliphatic heterocycles. The maximum atomic E-state index is 6.22. The highest BCUT2D eigenvalue weighted by molar-refractivity contribution is 4.87. The minimum Gasteiger partial charge on any atom is -0.372 e. The molecule has 0 bridgehead atoms. The number of nitrogens with zero attached hydrogens (tertiary/aromatic N) is 1. The van der Waals surface area contributed by atoms with Crippen molar-refractivity contribution in [3.05, 3.63) is 0 Å². The Labute approximate surface area is 124 Å². The number of hydrogen-bond acceptors (Lipinski definition) is 3. The largest absolute Gasteiger partial charge is 0.372 e. The first-order valence-electron chi connectivity index (χ1n) is 8.62. The Hall–Kier alpha value is -0.120. The van der Waals surface area contributed by atoms with Crippen LogP contribution in [0.25, 0.3) is 0 Å². The van der Waals surface area contributed by atoms with Gasteiger partial charge >= 0.3 is 0 Å². The molecule has 0 amide bonds. The quantitative estimate of drug-likeness (QED) is 0.838. The third-order valence-corrected chi connectivity index (χ3v) is 5.37. The van der Waals surface area contributed by atoms with E-state index in [2.05, 4.69) is 31.0 Å². The molecule has 0 radical (unpaired) electrons. The number of ether oxygens (including phenoxy) is 1. The summed E-state index contributed by atoms with van der Waals surface area (Å²) in [7, 11) is 0. The number of hydrogen-bond donors (Lipinski definition) is 1. The van der Waals surface area contributed by atoms with Crippen LogP contribution >= 0.6 is 0 Å². The Morgan fingerprint density at radius 2 is 1.80 bits per heavy atom. The van der Waals surface area contributed by atoms with E-state index in [1.54, 1.807) is 0 Å². The summed E-state index contributed by atoms with van der Waals surface area (Å²) >= 11 is 0. The highest BCUT2D eigenvalue weighted by atomic mass is 16.5. The van der Waals surface area contributed by atoms with E-state index in [9.17, 15) is 0 Å². The summed E-state index contributed by atoms with van der Waals surface area (Å²) in [5, 5.41) is 3.60. The van der Waals surface area contributed by atoms with Crippen molar-refractivity contribution in [3.8, 4) is 0 Å². The zero-order valence-corrected chi connectivity index (χ0v) is 13.5. The van der Waals surface area contributed by atoms with Crippen LogP contribution in [0.1, 0.15) is 52.9 Å². The number of rotatable bonds is 5. The van der Waals surface area contributed by atoms with Crippen LogP contribution in [0.5, 0.6) is 0 Å². The molecule has 116 valence electrons. The predicted molar refractivity (Wildman–Crippen MR) is 82.9 cm³/mol. The van der Waals surface area contributed by atoms with Gasteiger partial charge in [0.2, 0.25) is 0 Å². The van der Waals surface area contributed by atoms with Gasteiger partial charge in [-0.05, 0) is 50.0 Å². The molecule has 1 aliphatic carbocycles. The van der Waals surface area contributed by atoms with Crippen LogP contribution in [0, 0.1) is 11.3 Å². The van der Waals surface area contributed by atoms with E-state index in [0.29, 0.717) is 17.6 Å². The topological polar surface area (TPSA) is 24.5 Å². The van der Waals surface area contributed by atoms with Crippen molar-refractivity contribution in [1.29, 1.82) is 0 Å². The normalized spacial score (nSPS) is 35.9. The molecule has 2 heterocycles. The molecular formula is C17H32N2O. The summed E-state index contributed by atoms with van der Waals surface area (Å²) in [6.45, 7) is 11.9. The van der Waals surface area contributed by atoms with Gasteiger partial charge in [-0.2, -0.15) is 0 Å². The van der Waals surface area contributed by atoms with Crippen LogP contribution in [0.2, 0.25) is 0 Å². The number of nitrogens with one attached hydrogen (secondary N) is 1. The Kier molecular flexibility index (Phi) is 4.40. The van der Waals surface area contributed by atoms with Crippen LogP contribution in [-0.4, -0.2) is 49.3 Å². The standard InChI is InChI=1S/C17H32N2O/c1-17(2,3)13-8-9-19(11-13)12-16-7-6-15(20-16)10-18-14-4-5-14/h13-16,18H,4-12H2,1-3H3. The fourth-order valence-corrected chi connectivity index (χ4v) is 3.64. The van der Waals surface area contributed by atoms with Gasteiger partial charge in [-0.1, -0.05) is 20.8 Å². The molecule has 3 aliphatic rings. The van der Waals surface area contributed by atoms with Crippen LogP contribution < -0.4 is 5.32 Å². The average Bonchev–Trinajstić information content (AvgIpc) is 2.89. The Morgan fingerprint density at radius 1 is 1.05 bits per heavy atom. The van der Waals surface area contributed by atoms with E-state index < -0.39 is 0 Å². The second-order valence-corrected chi connectivity index (χ2v) is 8.25. The minimum absolute atomic E-state index is 0.460. The van der Waals surface area contributed by atoms with Crippen LogP contribution in [0.15, 0.2) is 0 Å². The Morgan fingerprint density at radius 3 is 2.45 bits per heavy atom. The molecule has 0 spiro atoms. The second-order valence-electron chi connectivity index (χ2n) is 8.25. The molecule has 3 fully saturated rings. The lowest BCUT2D eigenvalue weighted by molar-refractivity contribution is 0.0258. The molecule has 2 saturated heterocycles. The predicted octanol–water partition coefficient (Wildman–Crippen LogP) is 2.65. The summed E-state index contributed by atoms with van der Waals surface area (Å²) < 4.78 is 6.22. The minimum atomic E-state index is 0.460. The second kappa shape index (κ2) is 5.94. The van der Waals surface area contributed by atoms with Gasteiger partial charge in [-0.15, -0.1) is 0 Å². The molecule has 0 aromatic heterocycles. The Bertz CT molecular complexity index is 321. The van der Waals surface area contributed by atoms with Gasteiger partial charge in [-0.3, -0.25) is 0 Å². The van der Waals surface area contributed by atoms with E-state index in [1.165, 1.54) is 45.2 Å². The van der Waals surface area contributed by atoms with Crippen molar-refractivity contribution < 1.29 is 4.74 Å². The maximum Gasteiger partial charge on any atom is 0.0707 e. The molecule has 1 saturated carbocycles. The van der Waals surface area contributed by atoms with Crippen molar-refractivity contribution in [2.45, 2.75) is 71.1 Å². The van der Waals surface area contributed by atoms with Gasteiger partial charge in [0.15, 0.2) is 0 Å². The molecule has 0 aromatic rings. The first kappa shape index (κ1) is 14.8. The van der Waals surface area contributed by atoms with E-state index in [4.69, 9.17) is 4.74 Å².